The van der Waals surface area contributed by atoms with Gasteiger partial charge in [0.25, 0.3) is 5.91 Å². The molecule has 1 N–H and O–H groups in total. The molecule has 1 unspecified atom stereocenters. The van der Waals surface area contributed by atoms with E-state index < -0.39 is 11.9 Å². The highest BCUT2D eigenvalue weighted by atomic mass is 35.5. The van der Waals surface area contributed by atoms with Gasteiger partial charge in [0.2, 0.25) is 0 Å². The van der Waals surface area contributed by atoms with E-state index in [0.717, 1.165) is 0 Å². The van der Waals surface area contributed by atoms with Crippen LogP contribution < -0.4 is 0 Å². The minimum atomic E-state index is -0.579. The van der Waals surface area contributed by atoms with Gasteiger partial charge in [0.1, 0.15) is 11.9 Å². The fourth-order valence-corrected chi connectivity index (χ4v) is 2.78. The van der Waals surface area contributed by atoms with Crippen molar-refractivity contribution in [3.05, 3.63) is 45.4 Å². The van der Waals surface area contributed by atoms with Crippen molar-refractivity contribution < 1.29 is 13.9 Å². The topological polar surface area (TPSA) is 71.1 Å². The van der Waals surface area contributed by atoms with Crippen molar-refractivity contribution in [2.75, 3.05) is 19.7 Å². The van der Waals surface area contributed by atoms with Gasteiger partial charge < -0.3 is 9.64 Å². The molecule has 0 spiro atoms. The number of hydrogen-bond donors (Lipinski definition) is 1. The molecule has 6 nitrogen and oxygen atoms in total. The monoisotopic (exact) mass is 344 g/mol. The van der Waals surface area contributed by atoms with E-state index in [1.807, 2.05) is 0 Å². The summed E-state index contributed by atoms with van der Waals surface area (Å²) in [4.78, 5) is 13.8. The van der Waals surface area contributed by atoms with E-state index >= 15 is 0 Å². The normalized spacial score (nSPS) is 18.5. The van der Waals surface area contributed by atoms with Gasteiger partial charge in [-0.2, -0.15) is 15.4 Å². The zero-order valence-electron chi connectivity index (χ0n) is 11.2. The van der Waals surface area contributed by atoms with Gasteiger partial charge in [-0.3, -0.25) is 4.79 Å². The van der Waals surface area contributed by atoms with Crippen LogP contribution in [-0.4, -0.2) is 45.9 Å². The van der Waals surface area contributed by atoms with Crippen molar-refractivity contribution >= 4 is 29.1 Å². The summed E-state index contributed by atoms with van der Waals surface area (Å²) in [6, 6.07) is 2.56. The van der Waals surface area contributed by atoms with Crippen molar-refractivity contribution in [3.8, 4) is 0 Å². The molecule has 1 amide bonds. The summed E-state index contributed by atoms with van der Waals surface area (Å²) in [6.07, 6.45) is 0.825. The van der Waals surface area contributed by atoms with Gasteiger partial charge in [-0.05, 0) is 12.1 Å². The fraction of sp³-hybridized carbons (Fsp3) is 0.308. The number of carbonyl (C=O) groups excluding carboxylic acids is 1. The van der Waals surface area contributed by atoms with Crippen LogP contribution in [0.1, 0.15) is 22.2 Å². The summed E-state index contributed by atoms with van der Waals surface area (Å²) in [6.45, 7) is 0.969. The van der Waals surface area contributed by atoms with Gasteiger partial charge in [0, 0.05) is 17.1 Å². The Morgan fingerprint density at radius 3 is 2.95 bits per heavy atom. The number of carbonyl (C=O) groups is 1. The second-order valence-corrected chi connectivity index (χ2v) is 5.57. The Bertz CT molecular complexity index is 696. The number of H-pyrrole nitrogens is 1. The molecule has 1 aromatic carbocycles. The first kappa shape index (κ1) is 15.2. The summed E-state index contributed by atoms with van der Waals surface area (Å²) in [5, 5.41) is 10.0. The SMILES string of the molecule is O=C(c1cn[nH]n1)N1CCOC(c2cc(F)c(Cl)cc2Cl)C1. The largest absolute Gasteiger partial charge is 0.370 e. The van der Waals surface area contributed by atoms with Gasteiger partial charge in [0.15, 0.2) is 5.69 Å². The quantitative estimate of drug-likeness (QED) is 0.849. The maximum Gasteiger partial charge on any atom is 0.276 e. The van der Waals surface area contributed by atoms with Crippen LogP contribution in [0.5, 0.6) is 0 Å². The summed E-state index contributed by atoms with van der Waals surface area (Å²) in [5.74, 6) is -0.850. The number of aromatic nitrogens is 3. The lowest BCUT2D eigenvalue weighted by molar-refractivity contribution is -0.0230. The van der Waals surface area contributed by atoms with Crippen LogP contribution in [0.4, 0.5) is 4.39 Å². The summed E-state index contributed by atoms with van der Waals surface area (Å²) in [7, 11) is 0. The molecule has 1 aromatic heterocycles. The second kappa shape index (κ2) is 6.20. The molecular formula is C13H11Cl2FN4O2. The molecule has 9 heteroatoms. The second-order valence-electron chi connectivity index (χ2n) is 4.75. The lowest BCUT2D eigenvalue weighted by Gasteiger charge is -2.33. The Hall–Kier alpha value is -1.70. The third kappa shape index (κ3) is 2.92. The number of rotatable bonds is 2. The predicted molar refractivity (Wildman–Crippen MR) is 77.4 cm³/mol. The van der Waals surface area contributed by atoms with Crippen molar-refractivity contribution in [3.63, 3.8) is 0 Å². The van der Waals surface area contributed by atoms with Gasteiger partial charge in [-0.1, -0.05) is 23.2 Å². The van der Waals surface area contributed by atoms with Gasteiger partial charge in [-0.15, -0.1) is 0 Å². The molecule has 3 rings (SSSR count). The predicted octanol–water partition coefficient (Wildman–Crippen LogP) is 2.46. The lowest BCUT2D eigenvalue weighted by Crippen LogP contribution is -2.42. The Labute approximate surface area is 135 Å². The van der Waals surface area contributed by atoms with Crippen LogP contribution in [0.25, 0.3) is 0 Å². The highest BCUT2D eigenvalue weighted by Crippen LogP contribution is 2.32. The first-order valence-corrected chi connectivity index (χ1v) is 7.23. The van der Waals surface area contributed by atoms with Crippen LogP contribution in [-0.2, 0) is 4.74 Å². The maximum absolute atomic E-state index is 13.6. The van der Waals surface area contributed by atoms with E-state index in [-0.39, 0.29) is 23.2 Å². The molecule has 0 radical (unpaired) electrons. The summed E-state index contributed by atoms with van der Waals surface area (Å²) < 4.78 is 19.2. The molecule has 0 saturated carbocycles. The molecule has 1 saturated heterocycles. The number of nitrogens with zero attached hydrogens (tertiary/aromatic N) is 3. The molecule has 1 fully saturated rings. The third-order valence-corrected chi connectivity index (χ3v) is 3.99. The number of benzene rings is 1. The minimum absolute atomic E-state index is 0.0555. The van der Waals surface area contributed by atoms with Crippen molar-refractivity contribution in [1.29, 1.82) is 0 Å². The molecule has 2 aromatic rings. The Balaban J connectivity index is 1.81. The van der Waals surface area contributed by atoms with Gasteiger partial charge in [0.05, 0.1) is 24.4 Å². The molecule has 1 aliphatic rings. The van der Waals surface area contributed by atoms with Crippen LogP contribution in [0.3, 0.4) is 0 Å². The molecule has 116 valence electrons. The standard InChI is InChI=1S/C13H11Cl2FN4O2/c14-8-4-9(15)10(16)3-7(8)12-6-20(1-2-22-12)13(21)11-5-17-19-18-11/h3-5,12H,1-2,6H2,(H,17,18,19). The highest BCUT2D eigenvalue weighted by molar-refractivity contribution is 6.35. The Morgan fingerprint density at radius 1 is 1.41 bits per heavy atom. The molecule has 0 bridgehead atoms. The number of morpholine rings is 1. The number of nitrogens with one attached hydrogen (secondary N) is 1. The van der Waals surface area contributed by atoms with Crippen molar-refractivity contribution in [1.82, 2.24) is 20.3 Å². The zero-order chi connectivity index (χ0) is 15.7. The fourth-order valence-electron chi connectivity index (χ4n) is 2.27. The first-order valence-electron chi connectivity index (χ1n) is 6.47. The molecule has 1 aliphatic heterocycles. The van der Waals surface area contributed by atoms with Crippen LogP contribution in [0.15, 0.2) is 18.3 Å². The van der Waals surface area contributed by atoms with Crippen LogP contribution in [0, 0.1) is 5.82 Å². The number of aromatic amines is 1. The average Bonchev–Trinajstić information content (AvgIpc) is 3.04. The lowest BCUT2D eigenvalue weighted by atomic mass is 10.1. The van der Waals surface area contributed by atoms with Crippen LogP contribution in [0.2, 0.25) is 10.0 Å². The summed E-state index contributed by atoms with van der Waals surface area (Å²) in [5.41, 5.74) is 0.676. The molecule has 1 atom stereocenters. The van der Waals surface area contributed by atoms with Crippen LogP contribution >= 0.6 is 23.2 Å². The molecule has 0 aliphatic carbocycles. The molecule has 2 heterocycles. The minimum Gasteiger partial charge on any atom is -0.370 e. The molecular weight excluding hydrogens is 334 g/mol. The highest BCUT2D eigenvalue weighted by Gasteiger charge is 2.29. The van der Waals surface area contributed by atoms with Crippen molar-refractivity contribution in [2.24, 2.45) is 0 Å². The van der Waals surface area contributed by atoms with Gasteiger partial charge in [-0.25, -0.2) is 4.39 Å². The third-order valence-electron chi connectivity index (χ3n) is 3.37. The Kier molecular flexibility index (Phi) is 4.28. The Morgan fingerprint density at radius 2 is 2.23 bits per heavy atom. The van der Waals surface area contributed by atoms with E-state index in [0.29, 0.717) is 23.7 Å². The van der Waals surface area contributed by atoms with E-state index in [2.05, 4.69) is 15.4 Å². The number of amides is 1. The van der Waals surface area contributed by atoms with E-state index in [9.17, 15) is 9.18 Å². The van der Waals surface area contributed by atoms with E-state index in [1.165, 1.54) is 18.3 Å². The first-order chi connectivity index (χ1) is 10.6. The smallest absolute Gasteiger partial charge is 0.276 e. The van der Waals surface area contributed by atoms with Gasteiger partial charge >= 0.3 is 0 Å². The van der Waals surface area contributed by atoms with E-state index in [4.69, 9.17) is 27.9 Å². The average molecular weight is 345 g/mol. The van der Waals surface area contributed by atoms with E-state index in [1.54, 1.807) is 4.90 Å². The number of hydrogen-bond acceptors (Lipinski definition) is 4. The zero-order valence-corrected chi connectivity index (χ0v) is 12.7. The number of ether oxygens (including phenoxy) is 1. The van der Waals surface area contributed by atoms with Crippen molar-refractivity contribution in [2.45, 2.75) is 6.10 Å². The summed E-state index contributed by atoms with van der Waals surface area (Å²) >= 11 is 11.8. The molecule has 22 heavy (non-hydrogen) atoms. The maximum atomic E-state index is 13.6. The number of halogens is 3.